The van der Waals surface area contributed by atoms with Gasteiger partial charge in [0, 0.05) is 13.0 Å². The summed E-state index contributed by atoms with van der Waals surface area (Å²) < 4.78 is 0. The lowest BCUT2D eigenvalue weighted by Gasteiger charge is -2.17. The Morgan fingerprint density at radius 2 is 2.36 bits per heavy atom. The van der Waals surface area contributed by atoms with Crippen LogP contribution in [0, 0.1) is 5.92 Å². The molecule has 2 N–H and O–H groups in total. The molecule has 0 saturated carbocycles. The zero-order valence-corrected chi connectivity index (χ0v) is 9.12. The molecule has 1 aliphatic heterocycles. The van der Waals surface area contributed by atoms with Gasteiger partial charge in [0.2, 0.25) is 5.91 Å². The van der Waals surface area contributed by atoms with E-state index in [0.717, 1.165) is 38.5 Å². The summed E-state index contributed by atoms with van der Waals surface area (Å²) >= 11 is 0. The van der Waals surface area contributed by atoms with E-state index < -0.39 is 0 Å². The molecule has 0 aromatic rings. The lowest BCUT2D eigenvalue weighted by atomic mass is 10.0. The van der Waals surface area contributed by atoms with Gasteiger partial charge in [-0.3, -0.25) is 4.79 Å². The topological polar surface area (TPSA) is 49.3 Å². The quantitative estimate of drug-likeness (QED) is 0.671. The lowest BCUT2D eigenvalue weighted by Crippen LogP contribution is -2.33. The first-order valence-electron chi connectivity index (χ1n) is 5.26. The fourth-order valence-corrected chi connectivity index (χ4v) is 1.10. The summed E-state index contributed by atoms with van der Waals surface area (Å²) in [7, 11) is 0. The number of carbonyl (C=O) groups is 1. The molecule has 0 bridgehead atoms. The molecule has 3 heteroatoms. The number of aliphatic hydroxyl groups excluding tert-OH is 1. The molecule has 1 heterocycles. The predicted octanol–water partition coefficient (Wildman–Crippen LogP) is 2.39. The van der Waals surface area contributed by atoms with Crippen LogP contribution in [0.4, 0.5) is 0 Å². The minimum absolute atomic E-state index is 0.211. The van der Waals surface area contributed by atoms with E-state index in [0.29, 0.717) is 5.92 Å². The van der Waals surface area contributed by atoms with Gasteiger partial charge in [-0.1, -0.05) is 26.3 Å². The van der Waals surface area contributed by atoms with E-state index in [1.807, 2.05) is 0 Å². The molecule has 0 aliphatic carbocycles. The van der Waals surface area contributed by atoms with Crippen molar-refractivity contribution >= 4 is 5.91 Å². The van der Waals surface area contributed by atoms with Crippen molar-refractivity contribution in [3.8, 4) is 0 Å². The Labute approximate surface area is 86.2 Å². The first-order valence-corrected chi connectivity index (χ1v) is 5.26. The molecular formula is C11H21NO2. The second-order valence-electron chi connectivity index (χ2n) is 3.62. The van der Waals surface area contributed by atoms with Gasteiger partial charge in [-0.05, 0) is 18.8 Å². The summed E-state index contributed by atoms with van der Waals surface area (Å²) in [4.78, 5) is 10.5. The zero-order valence-electron chi connectivity index (χ0n) is 9.12. The van der Waals surface area contributed by atoms with Gasteiger partial charge in [0.05, 0.1) is 6.26 Å². The van der Waals surface area contributed by atoms with E-state index in [2.05, 4.69) is 19.2 Å². The minimum Gasteiger partial charge on any atom is -0.516 e. The van der Waals surface area contributed by atoms with Crippen molar-refractivity contribution in [2.45, 2.75) is 39.5 Å². The number of hydrogen-bond acceptors (Lipinski definition) is 2. The molecule has 14 heavy (non-hydrogen) atoms. The monoisotopic (exact) mass is 199 g/mol. The maximum Gasteiger partial charge on any atom is 0.220 e. The molecule has 0 spiro atoms. The number of carbonyl (C=O) groups excluding carboxylic acids is 1. The number of piperidine rings is 1. The highest BCUT2D eigenvalue weighted by molar-refractivity contribution is 5.76. The Kier molecular flexibility index (Phi) is 7.99. The van der Waals surface area contributed by atoms with E-state index in [4.69, 9.17) is 5.11 Å². The van der Waals surface area contributed by atoms with E-state index in [-0.39, 0.29) is 5.91 Å². The maximum atomic E-state index is 10.5. The highest BCUT2D eigenvalue weighted by Gasteiger charge is 2.12. The van der Waals surface area contributed by atoms with Gasteiger partial charge in [-0.15, -0.1) is 0 Å². The maximum absolute atomic E-state index is 10.5. The first kappa shape index (κ1) is 13.0. The normalized spacial score (nSPS) is 21.3. The van der Waals surface area contributed by atoms with Crippen molar-refractivity contribution in [2.75, 3.05) is 6.54 Å². The standard InChI is InChI=1S/C6H11NO.C5H10O/c1-5-2-3-6(8)7-4-5;1-2-3-4-5-6/h5H,2-4H2,1H3,(H,7,8);4-6H,2-3H2,1H3/b;5-4+. The van der Waals surface area contributed by atoms with Gasteiger partial charge in [0.15, 0.2) is 0 Å². The lowest BCUT2D eigenvalue weighted by molar-refractivity contribution is -0.122. The average Bonchev–Trinajstić information content (AvgIpc) is 2.20. The molecule has 1 atom stereocenters. The molecular weight excluding hydrogens is 178 g/mol. The van der Waals surface area contributed by atoms with Crippen molar-refractivity contribution in [1.29, 1.82) is 0 Å². The Morgan fingerprint density at radius 1 is 1.64 bits per heavy atom. The van der Waals surface area contributed by atoms with E-state index in [1.54, 1.807) is 6.08 Å². The van der Waals surface area contributed by atoms with Crippen LogP contribution in [0.2, 0.25) is 0 Å². The molecule has 1 fully saturated rings. The SMILES string of the molecule is CC1CCC(=O)NC1.CCC/C=C/O. The van der Waals surface area contributed by atoms with Crippen LogP contribution < -0.4 is 5.32 Å². The summed E-state index contributed by atoms with van der Waals surface area (Å²) in [5.41, 5.74) is 0. The Hall–Kier alpha value is -0.990. The van der Waals surface area contributed by atoms with Gasteiger partial charge in [-0.25, -0.2) is 0 Å². The molecule has 1 rings (SSSR count). The number of amides is 1. The number of allylic oxidation sites excluding steroid dienone is 1. The van der Waals surface area contributed by atoms with Crippen LogP contribution in [0.1, 0.15) is 39.5 Å². The van der Waals surface area contributed by atoms with Gasteiger partial charge in [-0.2, -0.15) is 0 Å². The predicted molar refractivity (Wildman–Crippen MR) is 58.1 cm³/mol. The molecule has 1 amide bonds. The summed E-state index contributed by atoms with van der Waals surface area (Å²) in [6, 6.07) is 0. The fourth-order valence-electron chi connectivity index (χ4n) is 1.10. The third-order valence-corrected chi connectivity index (χ3v) is 2.07. The fraction of sp³-hybridized carbons (Fsp3) is 0.727. The van der Waals surface area contributed by atoms with Gasteiger partial charge in [0.1, 0.15) is 0 Å². The number of rotatable bonds is 2. The van der Waals surface area contributed by atoms with Crippen LogP contribution in [0.5, 0.6) is 0 Å². The molecule has 1 aliphatic rings. The number of hydrogen-bond donors (Lipinski definition) is 2. The third-order valence-electron chi connectivity index (χ3n) is 2.07. The van der Waals surface area contributed by atoms with E-state index >= 15 is 0 Å². The zero-order chi connectivity index (χ0) is 10.8. The highest BCUT2D eigenvalue weighted by Crippen LogP contribution is 2.07. The summed E-state index contributed by atoms with van der Waals surface area (Å²) in [5, 5.41) is 10.8. The molecule has 0 aromatic heterocycles. The van der Waals surface area contributed by atoms with Crippen LogP contribution in [-0.4, -0.2) is 17.6 Å². The number of aliphatic hydroxyl groups is 1. The van der Waals surface area contributed by atoms with Crippen molar-refractivity contribution in [3.63, 3.8) is 0 Å². The molecule has 82 valence electrons. The molecule has 1 saturated heterocycles. The second-order valence-corrected chi connectivity index (χ2v) is 3.62. The van der Waals surface area contributed by atoms with Crippen LogP contribution in [0.3, 0.4) is 0 Å². The van der Waals surface area contributed by atoms with Crippen LogP contribution in [-0.2, 0) is 4.79 Å². The summed E-state index contributed by atoms with van der Waals surface area (Å²) in [5.74, 6) is 0.899. The van der Waals surface area contributed by atoms with Crippen LogP contribution in [0.15, 0.2) is 12.3 Å². The van der Waals surface area contributed by atoms with Crippen molar-refractivity contribution < 1.29 is 9.90 Å². The largest absolute Gasteiger partial charge is 0.516 e. The van der Waals surface area contributed by atoms with Gasteiger partial charge in [0.25, 0.3) is 0 Å². The smallest absolute Gasteiger partial charge is 0.220 e. The van der Waals surface area contributed by atoms with Crippen LogP contribution >= 0.6 is 0 Å². The molecule has 1 unspecified atom stereocenters. The average molecular weight is 199 g/mol. The Bertz CT molecular complexity index is 168. The molecule has 0 radical (unpaired) electrons. The highest BCUT2D eigenvalue weighted by atomic mass is 16.2. The number of unbranched alkanes of at least 4 members (excludes halogenated alkanes) is 1. The minimum atomic E-state index is 0.211. The van der Waals surface area contributed by atoms with E-state index in [9.17, 15) is 4.79 Å². The second kappa shape index (κ2) is 8.60. The third kappa shape index (κ3) is 7.65. The van der Waals surface area contributed by atoms with Crippen molar-refractivity contribution in [3.05, 3.63) is 12.3 Å². The summed E-state index contributed by atoms with van der Waals surface area (Å²) in [6.45, 7) is 5.10. The van der Waals surface area contributed by atoms with Crippen molar-refractivity contribution in [2.24, 2.45) is 5.92 Å². The van der Waals surface area contributed by atoms with Crippen molar-refractivity contribution in [1.82, 2.24) is 5.32 Å². The van der Waals surface area contributed by atoms with Gasteiger partial charge >= 0.3 is 0 Å². The Balaban J connectivity index is 0.000000255. The Morgan fingerprint density at radius 3 is 2.64 bits per heavy atom. The molecule has 3 nitrogen and oxygen atoms in total. The van der Waals surface area contributed by atoms with Crippen LogP contribution in [0.25, 0.3) is 0 Å². The first-order chi connectivity index (χ1) is 6.70. The molecule has 0 aromatic carbocycles. The van der Waals surface area contributed by atoms with Gasteiger partial charge < -0.3 is 10.4 Å². The van der Waals surface area contributed by atoms with E-state index in [1.165, 1.54) is 0 Å². The summed E-state index contributed by atoms with van der Waals surface area (Å²) in [6.07, 6.45) is 6.70. The number of nitrogens with one attached hydrogen (secondary N) is 1.